The van der Waals surface area contributed by atoms with Gasteiger partial charge in [-0.1, -0.05) is 37.1 Å². The molecule has 0 radical (unpaired) electrons. The molecule has 1 aliphatic heterocycles. The predicted octanol–water partition coefficient (Wildman–Crippen LogP) is 4.12. The van der Waals surface area contributed by atoms with Crippen LogP contribution in [-0.2, 0) is 17.7 Å². The van der Waals surface area contributed by atoms with E-state index in [9.17, 15) is 4.39 Å². The number of rotatable bonds is 6. The number of aromatic amines is 1. The van der Waals surface area contributed by atoms with Crippen molar-refractivity contribution >= 4 is 11.6 Å². The SMILES string of the molecule is CCCCc1nc(Cl)c(CN2CCOC(c3ccc(F)cc3)C2)[nH]1. The number of morpholine rings is 1. The molecule has 130 valence electrons. The smallest absolute Gasteiger partial charge is 0.151 e. The molecule has 0 bridgehead atoms. The largest absolute Gasteiger partial charge is 0.371 e. The third-order valence-electron chi connectivity index (χ3n) is 4.32. The summed E-state index contributed by atoms with van der Waals surface area (Å²) in [6.45, 7) is 5.13. The van der Waals surface area contributed by atoms with Gasteiger partial charge in [-0.2, -0.15) is 0 Å². The summed E-state index contributed by atoms with van der Waals surface area (Å²) in [5.41, 5.74) is 1.96. The average molecular weight is 352 g/mol. The maximum absolute atomic E-state index is 13.1. The summed E-state index contributed by atoms with van der Waals surface area (Å²) in [4.78, 5) is 10.1. The average Bonchev–Trinajstić information content (AvgIpc) is 2.93. The number of hydrogen-bond acceptors (Lipinski definition) is 3. The van der Waals surface area contributed by atoms with Crippen molar-refractivity contribution < 1.29 is 9.13 Å². The van der Waals surface area contributed by atoms with Crippen molar-refractivity contribution in [3.05, 3.63) is 52.3 Å². The highest BCUT2D eigenvalue weighted by Crippen LogP contribution is 2.24. The number of H-pyrrole nitrogens is 1. The molecule has 0 saturated carbocycles. The Balaban J connectivity index is 1.63. The van der Waals surface area contributed by atoms with Crippen LogP contribution in [0.2, 0.25) is 5.15 Å². The Morgan fingerprint density at radius 3 is 2.92 bits per heavy atom. The summed E-state index contributed by atoms with van der Waals surface area (Å²) < 4.78 is 18.9. The van der Waals surface area contributed by atoms with Gasteiger partial charge in [0, 0.05) is 26.1 Å². The van der Waals surface area contributed by atoms with Crippen molar-refractivity contribution in [1.29, 1.82) is 0 Å². The molecule has 1 aliphatic rings. The number of nitrogens with zero attached hydrogens (tertiary/aromatic N) is 2. The molecule has 6 heteroatoms. The molecule has 1 saturated heterocycles. The predicted molar refractivity (Wildman–Crippen MR) is 92.6 cm³/mol. The van der Waals surface area contributed by atoms with Gasteiger partial charge in [0.1, 0.15) is 11.6 Å². The number of hydrogen-bond donors (Lipinski definition) is 1. The number of halogens is 2. The standard InChI is InChI=1S/C18H23ClFN3O/c1-2-3-4-17-21-15(18(19)22-17)11-23-9-10-24-16(12-23)13-5-7-14(20)8-6-13/h5-8,16H,2-4,9-12H2,1H3,(H,21,22). The topological polar surface area (TPSA) is 41.2 Å². The van der Waals surface area contributed by atoms with Gasteiger partial charge in [0.15, 0.2) is 5.15 Å². The van der Waals surface area contributed by atoms with E-state index in [1.54, 1.807) is 12.1 Å². The number of benzene rings is 1. The minimum Gasteiger partial charge on any atom is -0.371 e. The molecule has 1 atom stereocenters. The van der Waals surface area contributed by atoms with Crippen LogP contribution in [-0.4, -0.2) is 34.6 Å². The Kier molecular flexibility index (Phi) is 5.87. The number of imidazole rings is 1. The Hall–Kier alpha value is -1.43. The van der Waals surface area contributed by atoms with Gasteiger partial charge in [0.05, 0.1) is 18.4 Å². The van der Waals surface area contributed by atoms with Crippen LogP contribution in [0.1, 0.15) is 43.0 Å². The number of aryl methyl sites for hydroxylation is 1. The Morgan fingerprint density at radius 1 is 1.38 bits per heavy atom. The third kappa shape index (κ3) is 4.35. The van der Waals surface area contributed by atoms with E-state index in [0.29, 0.717) is 11.8 Å². The van der Waals surface area contributed by atoms with E-state index in [4.69, 9.17) is 16.3 Å². The molecule has 1 aromatic carbocycles. The van der Waals surface area contributed by atoms with E-state index in [2.05, 4.69) is 21.8 Å². The monoisotopic (exact) mass is 351 g/mol. The number of ether oxygens (including phenoxy) is 1. The van der Waals surface area contributed by atoms with Crippen molar-refractivity contribution in [3.63, 3.8) is 0 Å². The molecular formula is C18H23ClFN3O. The molecule has 1 aromatic heterocycles. The first-order chi connectivity index (χ1) is 11.7. The van der Waals surface area contributed by atoms with E-state index in [1.807, 2.05) is 0 Å². The molecule has 1 fully saturated rings. The number of aromatic nitrogens is 2. The zero-order valence-electron chi connectivity index (χ0n) is 13.9. The van der Waals surface area contributed by atoms with Gasteiger partial charge >= 0.3 is 0 Å². The molecule has 2 aromatic rings. The molecule has 0 aliphatic carbocycles. The van der Waals surface area contributed by atoms with Gasteiger partial charge in [0.2, 0.25) is 0 Å². The second kappa shape index (κ2) is 8.10. The molecule has 0 spiro atoms. The summed E-state index contributed by atoms with van der Waals surface area (Å²) in [6.07, 6.45) is 3.13. The summed E-state index contributed by atoms with van der Waals surface area (Å²) in [5, 5.41) is 0.561. The van der Waals surface area contributed by atoms with Crippen LogP contribution in [0.25, 0.3) is 0 Å². The highest BCUT2D eigenvalue weighted by Gasteiger charge is 2.23. The van der Waals surface area contributed by atoms with Crippen molar-refractivity contribution in [2.45, 2.75) is 38.8 Å². The zero-order valence-corrected chi connectivity index (χ0v) is 14.7. The summed E-state index contributed by atoms with van der Waals surface area (Å²) in [6, 6.07) is 6.53. The highest BCUT2D eigenvalue weighted by molar-refractivity contribution is 6.30. The van der Waals surface area contributed by atoms with Crippen LogP contribution in [0.5, 0.6) is 0 Å². The lowest BCUT2D eigenvalue weighted by molar-refractivity contribution is -0.0332. The van der Waals surface area contributed by atoms with E-state index in [0.717, 1.165) is 56.0 Å². The van der Waals surface area contributed by atoms with Gasteiger partial charge < -0.3 is 9.72 Å². The number of nitrogens with one attached hydrogen (secondary N) is 1. The fraction of sp³-hybridized carbons (Fsp3) is 0.500. The molecular weight excluding hydrogens is 329 g/mol. The molecule has 4 nitrogen and oxygen atoms in total. The molecule has 3 rings (SSSR count). The van der Waals surface area contributed by atoms with Crippen molar-refractivity contribution in [1.82, 2.24) is 14.9 Å². The zero-order chi connectivity index (χ0) is 16.9. The minimum atomic E-state index is -0.227. The fourth-order valence-electron chi connectivity index (χ4n) is 2.96. The molecule has 0 amide bonds. The van der Waals surface area contributed by atoms with Crippen LogP contribution in [0.3, 0.4) is 0 Å². The second-order valence-corrected chi connectivity index (χ2v) is 6.56. The number of unbranched alkanes of at least 4 members (excludes halogenated alkanes) is 1. The van der Waals surface area contributed by atoms with Crippen molar-refractivity contribution in [2.24, 2.45) is 0 Å². The minimum absolute atomic E-state index is 0.0411. The molecule has 24 heavy (non-hydrogen) atoms. The van der Waals surface area contributed by atoms with E-state index in [-0.39, 0.29) is 11.9 Å². The van der Waals surface area contributed by atoms with Crippen LogP contribution >= 0.6 is 11.6 Å². The van der Waals surface area contributed by atoms with E-state index >= 15 is 0 Å². The first-order valence-corrected chi connectivity index (χ1v) is 8.86. The normalized spacial score (nSPS) is 18.9. The quantitative estimate of drug-likeness (QED) is 0.851. The maximum Gasteiger partial charge on any atom is 0.151 e. The molecule has 2 heterocycles. The van der Waals surface area contributed by atoms with Gasteiger partial charge in [-0.3, -0.25) is 4.90 Å². The lowest BCUT2D eigenvalue weighted by Gasteiger charge is -2.32. The van der Waals surface area contributed by atoms with Crippen LogP contribution in [0, 0.1) is 5.82 Å². The Morgan fingerprint density at radius 2 is 2.17 bits per heavy atom. The molecule has 1 unspecified atom stereocenters. The summed E-state index contributed by atoms with van der Waals surface area (Å²) in [7, 11) is 0. The van der Waals surface area contributed by atoms with Crippen molar-refractivity contribution in [3.8, 4) is 0 Å². The van der Waals surface area contributed by atoms with Crippen LogP contribution in [0.15, 0.2) is 24.3 Å². The fourth-order valence-corrected chi connectivity index (χ4v) is 3.16. The highest BCUT2D eigenvalue weighted by atomic mass is 35.5. The third-order valence-corrected chi connectivity index (χ3v) is 4.63. The Bertz CT molecular complexity index is 659. The lowest BCUT2D eigenvalue weighted by Crippen LogP contribution is -2.38. The maximum atomic E-state index is 13.1. The van der Waals surface area contributed by atoms with Crippen molar-refractivity contribution in [2.75, 3.05) is 19.7 Å². The van der Waals surface area contributed by atoms with Crippen LogP contribution < -0.4 is 0 Å². The summed E-state index contributed by atoms with van der Waals surface area (Å²) >= 11 is 6.27. The van der Waals surface area contributed by atoms with Crippen LogP contribution in [0.4, 0.5) is 4.39 Å². The van der Waals surface area contributed by atoms with E-state index in [1.165, 1.54) is 12.1 Å². The summed E-state index contributed by atoms with van der Waals surface area (Å²) in [5.74, 6) is 0.732. The first kappa shape index (κ1) is 17.4. The van der Waals surface area contributed by atoms with E-state index < -0.39 is 0 Å². The first-order valence-electron chi connectivity index (χ1n) is 8.48. The van der Waals surface area contributed by atoms with Gasteiger partial charge in [-0.15, -0.1) is 0 Å². The second-order valence-electron chi connectivity index (χ2n) is 6.20. The molecule has 1 N–H and O–H groups in total. The lowest BCUT2D eigenvalue weighted by atomic mass is 10.1. The van der Waals surface area contributed by atoms with Gasteiger partial charge in [-0.05, 0) is 24.1 Å². The van der Waals surface area contributed by atoms with Gasteiger partial charge in [0.25, 0.3) is 0 Å². The Labute approximate surface area is 147 Å². The van der Waals surface area contributed by atoms with Gasteiger partial charge in [-0.25, -0.2) is 9.37 Å².